The van der Waals surface area contributed by atoms with Gasteiger partial charge in [0.2, 0.25) is 10.0 Å². The third kappa shape index (κ3) is 3.83. The van der Waals surface area contributed by atoms with Gasteiger partial charge in [0, 0.05) is 30.3 Å². The molecule has 1 saturated carbocycles. The van der Waals surface area contributed by atoms with Crippen molar-refractivity contribution in [2.24, 2.45) is 18.9 Å². The Kier molecular flexibility index (Phi) is 6.03. The number of ether oxygens (including phenoxy) is 1. The van der Waals surface area contributed by atoms with Crippen LogP contribution in [0.25, 0.3) is 22.5 Å². The van der Waals surface area contributed by atoms with Crippen molar-refractivity contribution in [2.75, 3.05) is 19.6 Å². The van der Waals surface area contributed by atoms with E-state index in [0.717, 1.165) is 61.0 Å². The Balaban J connectivity index is 1.35. The zero-order valence-corrected chi connectivity index (χ0v) is 22.4. The normalized spacial score (nSPS) is 27.2. The van der Waals surface area contributed by atoms with Crippen molar-refractivity contribution in [3.8, 4) is 22.5 Å². The number of methoxy groups -OCH3 is 1. The number of rotatable bonds is 4. The molecule has 2 bridgehead atoms. The van der Waals surface area contributed by atoms with Crippen molar-refractivity contribution in [1.29, 1.82) is 0 Å². The molecule has 0 radical (unpaired) electrons. The number of sulfonamides is 1. The molecule has 1 spiro atoms. The highest BCUT2D eigenvalue weighted by molar-refractivity contribution is 7.89. The minimum atomic E-state index is -3.32. The molecule has 1 aromatic heterocycles. The van der Waals surface area contributed by atoms with E-state index in [4.69, 9.17) is 21.4 Å². The predicted molar refractivity (Wildman–Crippen MR) is 142 cm³/mol. The lowest BCUT2D eigenvalue weighted by Gasteiger charge is -2.49. The monoisotopic (exact) mass is 525 g/mol. The number of benzene rings is 2. The van der Waals surface area contributed by atoms with Crippen LogP contribution in [0.2, 0.25) is 5.02 Å². The third-order valence-electron chi connectivity index (χ3n) is 8.76. The molecule has 6 nitrogen and oxygen atoms in total. The fourth-order valence-electron chi connectivity index (χ4n) is 7.16. The van der Waals surface area contributed by atoms with E-state index in [2.05, 4.69) is 24.3 Å². The van der Waals surface area contributed by atoms with Crippen molar-refractivity contribution in [3.05, 3.63) is 64.7 Å². The van der Waals surface area contributed by atoms with Crippen LogP contribution in [0.1, 0.15) is 36.8 Å². The van der Waals surface area contributed by atoms with E-state index in [9.17, 15) is 8.42 Å². The average Bonchev–Trinajstić information content (AvgIpc) is 3.34. The molecule has 0 unspecified atom stereocenters. The molecule has 2 heterocycles. The molecule has 2 fully saturated rings. The molecular weight excluding hydrogens is 494 g/mol. The Hall–Kier alpha value is -2.19. The zero-order valence-electron chi connectivity index (χ0n) is 20.8. The van der Waals surface area contributed by atoms with Gasteiger partial charge in [-0.05, 0) is 91.3 Å². The summed E-state index contributed by atoms with van der Waals surface area (Å²) in [7, 11) is 0.248. The standard InChI is InChI=1S/C28H32ClN3O3S/c1-31-27(19-6-10-25(29)11-7-19)17-26(30-31)21-5-4-20-15-23-8-9-24(16-22(20)14-21)28(23)12-3-13-36(33,34)32(28)18-35-2/h4-7,10-11,14,17,23-24H,3,8-9,12-13,15-16,18H2,1-2H3/t23-,24+,28-/m1/s1. The average molecular weight is 526 g/mol. The first kappa shape index (κ1) is 24.2. The molecule has 1 aliphatic heterocycles. The van der Waals surface area contributed by atoms with E-state index >= 15 is 0 Å². The lowest BCUT2D eigenvalue weighted by atomic mass is 9.75. The minimum Gasteiger partial charge on any atom is -0.368 e. The van der Waals surface area contributed by atoms with Crippen molar-refractivity contribution < 1.29 is 13.2 Å². The van der Waals surface area contributed by atoms with E-state index in [-0.39, 0.29) is 18.0 Å². The Bertz CT molecular complexity index is 1400. The molecule has 0 N–H and O–H groups in total. The van der Waals surface area contributed by atoms with Crippen LogP contribution in [-0.2, 0) is 34.6 Å². The molecule has 3 aliphatic rings. The summed E-state index contributed by atoms with van der Waals surface area (Å²) < 4.78 is 35.5. The third-order valence-corrected chi connectivity index (χ3v) is 10.9. The van der Waals surface area contributed by atoms with Crippen LogP contribution < -0.4 is 0 Å². The molecule has 6 rings (SSSR count). The zero-order chi connectivity index (χ0) is 25.1. The summed E-state index contributed by atoms with van der Waals surface area (Å²) in [5.74, 6) is 0.855. The summed E-state index contributed by atoms with van der Waals surface area (Å²) in [5.41, 5.74) is 6.50. The Labute approximate surface area is 218 Å². The highest BCUT2D eigenvalue weighted by Gasteiger charge is 2.59. The van der Waals surface area contributed by atoms with E-state index in [0.29, 0.717) is 16.9 Å². The van der Waals surface area contributed by atoms with Gasteiger partial charge in [0.1, 0.15) is 6.73 Å². The highest BCUT2D eigenvalue weighted by Crippen LogP contribution is 2.55. The molecular formula is C28H32ClN3O3S. The lowest BCUT2D eigenvalue weighted by molar-refractivity contribution is -0.00662. The summed E-state index contributed by atoms with van der Waals surface area (Å²) in [4.78, 5) is 0. The second kappa shape index (κ2) is 8.98. The van der Waals surface area contributed by atoms with Crippen LogP contribution in [-0.4, -0.2) is 47.6 Å². The Morgan fingerprint density at radius 3 is 2.44 bits per heavy atom. The number of aryl methyl sites for hydroxylation is 1. The number of nitrogens with zero attached hydrogens (tertiary/aromatic N) is 3. The minimum absolute atomic E-state index is 0.151. The van der Waals surface area contributed by atoms with Gasteiger partial charge in [-0.25, -0.2) is 8.42 Å². The Morgan fingerprint density at radius 2 is 1.72 bits per heavy atom. The SMILES string of the molecule is COCN1[C@]2(CCCS1(=O)=O)[C@@H]1CC[C@H]2Cc2cc(-c3cc(-c4ccc(Cl)cc4)n(C)n3)ccc2C1. The summed E-state index contributed by atoms with van der Waals surface area (Å²) in [6.45, 7) is 0.151. The molecule has 0 amide bonds. The molecule has 2 aliphatic carbocycles. The summed E-state index contributed by atoms with van der Waals surface area (Å²) in [6.07, 6.45) is 5.61. The maximum Gasteiger partial charge on any atom is 0.216 e. The fourth-order valence-corrected chi connectivity index (χ4v) is 9.19. The van der Waals surface area contributed by atoms with Gasteiger partial charge in [-0.2, -0.15) is 9.40 Å². The first-order valence-electron chi connectivity index (χ1n) is 12.7. The first-order valence-corrected chi connectivity index (χ1v) is 14.7. The first-order chi connectivity index (χ1) is 17.3. The Morgan fingerprint density at radius 1 is 1.03 bits per heavy atom. The van der Waals surface area contributed by atoms with Gasteiger partial charge in [0.15, 0.2) is 0 Å². The maximum absolute atomic E-state index is 13.2. The van der Waals surface area contributed by atoms with Crippen LogP contribution in [0.3, 0.4) is 0 Å². The van der Waals surface area contributed by atoms with Gasteiger partial charge in [-0.15, -0.1) is 0 Å². The van der Waals surface area contributed by atoms with Crippen LogP contribution in [0.15, 0.2) is 48.5 Å². The highest BCUT2D eigenvalue weighted by atomic mass is 35.5. The smallest absolute Gasteiger partial charge is 0.216 e. The van der Waals surface area contributed by atoms with E-state index in [1.807, 2.05) is 36.0 Å². The quantitative estimate of drug-likeness (QED) is 0.463. The van der Waals surface area contributed by atoms with E-state index in [1.54, 1.807) is 11.4 Å². The van der Waals surface area contributed by atoms with Crippen molar-refractivity contribution in [1.82, 2.24) is 14.1 Å². The molecule has 2 aromatic carbocycles. The molecule has 8 heteroatoms. The largest absolute Gasteiger partial charge is 0.368 e. The van der Waals surface area contributed by atoms with Crippen molar-refractivity contribution in [3.63, 3.8) is 0 Å². The fraction of sp³-hybridized carbons (Fsp3) is 0.464. The predicted octanol–water partition coefficient (Wildman–Crippen LogP) is 5.30. The molecule has 190 valence electrons. The second-order valence-electron chi connectivity index (χ2n) is 10.6. The van der Waals surface area contributed by atoms with Crippen LogP contribution in [0.5, 0.6) is 0 Å². The van der Waals surface area contributed by atoms with Gasteiger partial charge < -0.3 is 4.74 Å². The van der Waals surface area contributed by atoms with Crippen LogP contribution >= 0.6 is 11.6 Å². The maximum atomic E-state index is 13.2. The van der Waals surface area contributed by atoms with Gasteiger partial charge in [-0.1, -0.05) is 35.9 Å². The topological polar surface area (TPSA) is 64.4 Å². The number of aromatic nitrogens is 2. The summed E-state index contributed by atoms with van der Waals surface area (Å²) in [5, 5.41) is 5.53. The van der Waals surface area contributed by atoms with Crippen molar-refractivity contribution in [2.45, 2.75) is 44.1 Å². The number of fused-ring (bicyclic) bond motifs is 1. The molecule has 3 aromatic rings. The number of hydrogen-bond donors (Lipinski definition) is 0. The molecule has 36 heavy (non-hydrogen) atoms. The summed E-state index contributed by atoms with van der Waals surface area (Å²) in [6, 6.07) is 16.7. The second-order valence-corrected chi connectivity index (χ2v) is 13.0. The van der Waals surface area contributed by atoms with Gasteiger partial charge in [-0.3, -0.25) is 4.68 Å². The van der Waals surface area contributed by atoms with E-state index < -0.39 is 10.0 Å². The molecule has 1 saturated heterocycles. The lowest BCUT2D eigenvalue weighted by Crippen LogP contribution is -2.61. The number of hydrogen-bond acceptors (Lipinski definition) is 4. The van der Waals surface area contributed by atoms with Crippen LogP contribution in [0, 0.1) is 11.8 Å². The number of halogens is 1. The van der Waals surface area contributed by atoms with Crippen molar-refractivity contribution >= 4 is 21.6 Å². The van der Waals surface area contributed by atoms with Gasteiger partial charge in [0.05, 0.1) is 17.1 Å². The van der Waals surface area contributed by atoms with Gasteiger partial charge in [0.25, 0.3) is 0 Å². The van der Waals surface area contributed by atoms with Crippen LogP contribution in [0.4, 0.5) is 0 Å². The summed E-state index contributed by atoms with van der Waals surface area (Å²) >= 11 is 6.08. The van der Waals surface area contributed by atoms with Gasteiger partial charge >= 0.3 is 0 Å². The van der Waals surface area contributed by atoms with E-state index in [1.165, 1.54) is 11.1 Å². The molecule has 3 atom stereocenters.